The maximum Gasteiger partial charge on any atom is 0.133 e. The minimum Gasteiger partial charge on any atom is -0.271 e. The van der Waals surface area contributed by atoms with Gasteiger partial charge >= 0.3 is 0 Å². The van der Waals surface area contributed by atoms with Crippen LogP contribution in [0.4, 0.5) is 13.2 Å². The second-order valence-corrected chi connectivity index (χ2v) is 5.12. The standard InChI is InChI=1S/C15H14F3N3/c16-9-6-11(17)13(12(18)7-9)15(21-19)10-4-3-8-2-1-5-20-14(8)10/h1-2,5-7,10,15,21H,3-4,19H2. The largest absolute Gasteiger partial charge is 0.271 e. The van der Waals surface area contributed by atoms with E-state index >= 15 is 0 Å². The Labute approximate surface area is 120 Å². The molecule has 0 spiro atoms. The number of pyridine rings is 1. The van der Waals surface area contributed by atoms with Crippen LogP contribution in [0.25, 0.3) is 0 Å². The summed E-state index contributed by atoms with van der Waals surface area (Å²) in [6.07, 6.45) is 3.09. The van der Waals surface area contributed by atoms with Gasteiger partial charge < -0.3 is 0 Å². The Bertz CT molecular complexity index is 652. The predicted octanol–water partition coefficient (Wildman–Crippen LogP) is 2.73. The first-order chi connectivity index (χ1) is 10.1. The van der Waals surface area contributed by atoms with Gasteiger partial charge in [-0.3, -0.25) is 16.3 Å². The summed E-state index contributed by atoms with van der Waals surface area (Å²) in [6, 6.07) is 4.30. The highest BCUT2D eigenvalue weighted by atomic mass is 19.1. The van der Waals surface area contributed by atoms with Crippen molar-refractivity contribution in [3.63, 3.8) is 0 Å². The van der Waals surface area contributed by atoms with Crippen molar-refractivity contribution in [2.75, 3.05) is 0 Å². The molecule has 3 rings (SSSR count). The number of hydrogen-bond donors (Lipinski definition) is 2. The maximum absolute atomic E-state index is 14.0. The number of nitrogens with one attached hydrogen (secondary N) is 1. The number of nitrogens with two attached hydrogens (primary N) is 1. The Morgan fingerprint density at radius 2 is 1.95 bits per heavy atom. The Balaban J connectivity index is 2.05. The van der Waals surface area contributed by atoms with Crippen LogP contribution >= 0.6 is 0 Å². The summed E-state index contributed by atoms with van der Waals surface area (Å²) >= 11 is 0. The number of aryl methyl sites for hydroxylation is 1. The highest BCUT2D eigenvalue weighted by Gasteiger charge is 2.34. The molecule has 2 unspecified atom stereocenters. The van der Waals surface area contributed by atoms with Crippen molar-refractivity contribution in [3.8, 4) is 0 Å². The molecule has 21 heavy (non-hydrogen) atoms. The van der Waals surface area contributed by atoms with E-state index in [0.29, 0.717) is 18.6 Å². The molecule has 1 heterocycles. The van der Waals surface area contributed by atoms with Gasteiger partial charge in [-0.05, 0) is 24.5 Å². The third kappa shape index (κ3) is 2.41. The van der Waals surface area contributed by atoms with Gasteiger partial charge in [0.05, 0.1) is 6.04 Å². The molecule has 110 valence electrons. The Morgan fingerprint density at radius 1 is 1.24 bits per heavy atom. The van der Waals surface area contributed by atoms with Gasteiger partial charge in [0.15, 0.2) is 0 Å². The van der Waals surface area contributed by atoms with Gasteiger partial charge in [0.25, 0.3) is 0 Å². The summed E-state index contributed by atoms with van der Waals surface area (Å²) < 4.78 is 41.0. The first-order valence-corrected chi connectivity index (χ1v) is 6.66. The Hall–Kier alpha value is -1.92. The normalized spacial score (nSPS) is 18.6. The van der Waals surface area contributed by atoms with Gasteiger partial charge in [-0.1, -0.05) is 6.07 Å². The van der Waals surface area contributed by atoms with E-state index in [1.54, 1.807) is 6.20 Å². The molecule has 0 radical (unpaired) electrons. The lowest BCUT2D eigenvalue weighted by Gasteiger charge is -2.24. The first-order valence-electron chi connectivity index (χ1n) is 6.66. The van der Waals surface area contributed by atoms with Crippen LogP contribution in [0.15, 0.2) is 30.5 Å². The highest BCUT2D eigenvalue weighted by Crippen LogP contribution is 2.41. The molecule has 1 aromatic heterocycles. The van der Waals surface area contributed by atoms with Crippen LogP contribution in [0.2, 0.25) is 0 Å². The summed E-state index contributed by atoms with van der Waals surface area (Å²) in [5.74, 6) is 2.42. The number of hydrogen-bond acceptors (Lipinski definition) is 3. The van der Waals surface area contributed by atoms with E-state index in [2.05, 4.69) is 10.4 Å². The number of benzene rings is 1. The van der Waals surface area contributed by atoms with Crippen LogP contribution in [0.5, 0.6) is 0 Å². The topological polar surface area (TPSA) is 50.9 Å². The number of aromatic nitrogens is 1. The monoisotopic (exact) mass is 293 g/mol. The minimum atomic E-state index is -0.950. The van der Waals surface area contributed by atoms with Gasteiger partial charge in [-0.15, -0.1) is 0 Å². The minimum absolute atomic E-state index is 0.248. The molecular weight excluding hydrogens is 279 g/mol. The fraction of sp³-hybridized carbons (Fsp3) is 0.267. The Kier molecular flexibility index (Phi) is 3.65. The number of nitrogens with zero attached hydrogens (tertiary/aromatic N) is 1. The Morgan fingerprint density at radius 3 is 2.62 bits per heavy atom. The summed E-state index contributed by atoms with van der Waals surface area (Å²) in [6.45, 7) is 0. The lowest BCUT2D eigenvalue weighted by atomic mass is 9.90. The summed E-state index contributed by atoms with van der Waals surface area (Å²) in [5.41, 5.74) is 4.04. The molecule has 0 aliphatic heterocycles. The van der Waals surface area contributed by atoms with Gasteiger partial charge in [0.2, 0.25) is 0 Å². The van der Waals surface area contributed by atoms with E-state index in [0.717, 1.165) is 17.7 Å². The first kappa shape index (κ1) is 14.0. The van der Waals surface area contributed by atoms with Crippen LogP contribution in [0.1, 0.15) is 35.2 Å². The van der Waals surface area contributed by atoms with Gasteiger partial charge in [0.1, 0.15) is 17.5 Å². The van der Waals surface area contributed by atoms with E-state index < -0.39 is 23.5 Å². The number of fused-ring (bicyclic) bond motifs is 1. The van der Waals surface area contributed by atoms with Crippen LogP contribution in [0, 0.1) is 17.5 Å². The average molecular weight is 293 g/mol. The maximum atomic E-state index is 14.0. The fourth-order valence-corrected chi connectivity index (χ4v) is 3.02. The van der Waals surface area contributed by atoms with Crippen molar-refractivity contribution >= 4 is 0 Å². The molecule has 2 atom stereocenters. The van der Waals surface area contributed by atoms with Crippen LogP contribution in [0.3, 0.4) is 0 Å². The van der Waals surface area contributed by atoms with Gasteiger partial charge in [-0.25, -0.2) is 13.2 Å². The predicted molar refractivity (Wildman–Crippen MR) is 71.7 cm³/mol. The lowest BCUT2D eigenvalue weighted by Crippen LogP contribution is -2.33. The van der Waals surface area contributed by atoms with Crippen molar-refractivity contribution in [3.05, 3.63) is 64.7 Å². The summed E-state index contributed by atoms with van der Waals surface area (Å²) in [4.78, 5) is 4.30. The fourth-order valence-electron chi connectivity index (χ4n) is 3.02. The molecule has 2 aromatic rings. The van der Waals surface area contributed by atoms with Crippen molar-refractivity contribution in [2.24, 2.45) is 5.84 Å². The second kappa shape index (κ2) is 5.46. The third-order valence-corrected chi connectivity index (χ3v) is 3.94. The molecule has 0 fully saturated rings. The van der Waals surface area contributed by atoms with E-state index in [4.69, 9.17) is 5.84 Å². The zero-order valence-electron chi connectivity index (χ0n) is 11.1. The van der Waals surface area contributed by atoms with Crippen molar-refractivity contribution in [1.82, 2.24) is 10.4 Å². The van der Waals surface area contributed by atoms with Crippen LogP contribution in [-0.4, -0.2) is 4.98 Å². The molecule has 0 amide bonds. The molecule has 1 aromatic carbocycles. The molecule has 0 saturated carbocycles. The molecular formula is C15H14F3N3. The molecule has 0 saturated heterocycles. The zero-order valence-corrected chi connectivity index (χ0v) is 11.1. The molecule has 3 nitrogen and oxygen atoms in total. The van der Waals surface area contributed by atoms with E-state index in [9.17, 15) is 13.2 Å². The smallest absolute Gasteiger partial charge is 0.133 e. The van der Waals surface area contributed by atoms with E-state index in [1.807, 2.05) is 12.1 Å². The SMILES string of the molecule is NNC(c1c(F)cc(F)cc1F)C1CCc2cccnc21. The summed E-state index contributed by atoms with van der Waals surface area (Å²) in [5, 5.41) is 0. The quantitative estimate of drug-likeness (QED) is 0.676. The summed E-state index contributed by atoms with van der Waals surface area (Å²) in [7, 11) is 0. The van der Waals surface area contributed by atoms with Crippen LogP contribution < -0.4 is 11.3 Å². The molecule has 1 aliphatic carbocycles. The van der Waals surface area contributed by atoms with E-state index in [-0.39, 0.29) is 11.5 Å². The highest BCUT2D eigenvalue weighted by molar-refractivity contribution is 5.34. The van der Waals surface area contributed by atoms with E-state index in [1.165, 1.54) is 0 Å². The second-order valence-electron chi connectivity index (χ2n) is 5.12. The number of hydrazine groups is 1. The van der Waals surface area contributed by atoms with Crippen molar-refractivity contribution in [2.45, 2.75) is 24.8 Å². The van der Waals surface area contributed by atoms with Gasteiger partial charge in [-0.2, -0.15) is 0 Å². The van der Waals surface area contributed by atoms with Crippen molar-refractivity contribution in [1.29, 1.82) is 0 Å². The molecule has 6 heteroatoms. The third-order valence-electron chi connectivity index (χ3n) is 3.94. The molecule has 0 bridgehead atoms. The zero-order chi connectivity index (χ0) is 15.0. The number of rotatable bonds is 3. The molecule has 3 N–H and O–H groups in total. The average Bonchev–Trinajstić information content (AvgIpc) is 2.86. The van der Waals surface area contributed by atoms with Gasteiger partial charge in [0, 0.05) is 35.5 Å². The van der Waals surface area contributed by atoms with Crippen molar-refractivity contribution < 1.29 is 13.2 Å². The van der Waals surface area contributed by atoms with Crippen LogP contribution in [-0.2, 0) is 6.42 Å². The number of halogens is 3. The lowest BCUT2D eigenvalue weighted by molar-refractivity contribution is 0.404. The molecule has 1 aliphatic rings.